The number of ether oxygens (including phenoxy) is 1. The minimum absolute atomic E-state index is 0.0156. The van der Waals surface area contributed by atoms with Gasteiger partial charge in [0.05, 0.1) is 22.2 Å². The highest BCUT2D eigenvalue weighted by Crippen LogP contribution is 2.31. The van der Waals surface area contributed by atoms with Gasteiger partial charge in [0.1, 0.15) is 0 Å². The van der Waals surface area contributed by atoms with Crippen LogP contribution >= 0.6 is 11.3 Å². The number of hydrogen-bond donors (Lipinski definition) is 3. The number of nitrogens with one attached hydrogen (secondary N) is 1. The first-order valence-electron chi connectivity index (χ1n) is 8.01. The molecule has 0 saturated carbocycles. The summed E-state index contributed by atoms with van der Waals surface area (Å²) < 4.78 is 43.5. The molecule has 0 radical (unpaired) electrons. The SMILES string of the molecule is COc1cc2sc(-n3nc(Nc4ccc(S(N)(=O)=O)cc4)nc3N)nc2cc1F. The lowest BCUT2D eigenvalue weighted by Crippen LogP contribution is -2.11. The molecule has 0 bridgehead atoms. The summed E-state index contributed by atoms with van der Waals surface area (Å²) in [5.41, 5.74) is 6.91. The fourth-order valence-corrected chi connectivity index (χ4v) is 3.99. The molecule has 0 aliphatic rings. The lowest BCUT2D eigenvalue weighted by atomic mass is 10.3. The van der Waals surface area contributed by atoms with Gasteiger partial charge in [-0.25, -0.2) is 22.9 Å². The van der Waals surface area contributed by atoms with Crippen LogP contribution in [0.5, 0.6) is 5.75 Å². The van der Waals surface area contributed by atoms with Crippen molar-refractivity contribution in [1.29, 1.82) is 0 Å². The molecule has 2 aromatic heterocycles. The van der Waals surface area contributed by atoms with Crippen molar-refractivity contribution in [3.63, 3.8) is 0 Å². The summed E-state index contributed by atoms with van der Waals surface area (Å²) >= 11 is 1.24. The highest BCUT2D eigenvalue weighted by atomic mass is 32.2. The number of benzene rings is 2. The van der Waals surface area contributed by atoms with Crippen molar-refractivity contribution in [2.75, 3.05) is 18.2 Å². The maximum Gasteiger partial charge on any atom is 0.248 e. The predicted molar refractivity (Wildman–Crippen MR) is 107 cm³/mol. The third kappa shape index (κ3) is 3.70. The minimum atomic E-state index is -3.78. The molecule has 10 nitrogen and oxygen atoms in total. The van der Waals surface area contributed by atoms with E-state index in [1.54, 1.807) is 6.07 Å². The first kappa shape index (κ1) is 19.0. The van der Waals surface area contributed by atoms with Crippen LogP contribution in [0.25, 0.3) is 15.3 Å². The quantitative estimate of drug-likeness (QED) is 0.430. The van der Waals surface area contributed by atoms with Crippen molar-refractivity contribution in [3.8, 4) is 10.9 Å². The van der Waals surface area contributed by atoms with Gasteiger partial charge in [0.2, 0.25) is 27.1 Å². The highest BCUT2D eigenvalue weighted by molar-refractivity contribution is 7.89. The Morgan fingerprint density at radius 1 is 1.21 bits per heavy atom. The fourth-order valence-electron chi connectivity index (χ4n) is 2.54. The Hall–Kier alpha value is -3.29. The topological polar surface area (TPSA) is 151 Å². The van der Waals surface area contributed by atoms with Crippen molar-refractivity contribution in [3.05, 3.63) is 42.2 Å². The fraction of sp³-hybridized carbons (Fsp3) is 0.0625. The third-order valence-electron chi connectivity index (χ3n) is 3.90. The number of nitrogen functional groups attached to an aromatic ring is 1. The Bertz CT molecular complexity index is 1320. The Labute approximate surface area is 168 Å². The molecule has 4 rings (SSSR count). The summed E-state index contributed by atoms with van der Waals surface area (Å²) in [6, 6.07) is 8.56. The molecule has 29 heavy (non-hydrogen) atoms. The molecule has 13 heteroatoms. The number of anilines is 3. The van der Waals surface area contributed by atoms with Crippen LogP contribution in [0, 0.1) is 5.82 Å². The zero-order valence-corrected chi connectivity index (χ0v) is 16.5. The first-order chi connectivity index (χ1) is 13.7. The lowest BCUT2D eigenvalue weighted by Gasteiger charge is -2.02. The largest absolute Gasteiger partial charge is 0.494 e. The zero-order chi connectivity index (χ0) is 20.8. The van der Waals surface area contributed by atoms with Crippen LogP contribution in [0.3, 0.4) is 0 Å². The Morgan fingerprint density at radius 3 is 2.59 bits per heavy atom. The van der Waals surface area contributed by atoms with Crippen molar-refractivity contribution in [2.45, 2.75) is 4.90 Å². The van der Waals surface area contributed by atoms with Crippen LogP contribution in [-0.2, 0) is 10.0 Å². The van der Waals surface area contributed by atoms with E-state index in [1.807, 2.05) is 0 Å². The number of nitrogens with two attached hydrogens (primary N) is 2. The van der Waals surface area contributed by atoms with E-state index in [0.29, 0.717) is 21.0 Å². The van der Waals surface area contributed by atoms with E-state index in [0.717, 1.165) is 0 Å². The van der Waals surface area contributed by atoms with Crippen molar-refractivity contribution >= 4 is 49.2 Å². The van der Waals surface area contributed by atoms with Crippen molar-refractivity contribution in [1.82, 2.24) is 19.7 Å². The van der Waals surface area contributed by atoms with Crippen LogP contribution in [0.1, 0.15) is 0 Å². The van der Waals surface area contributed by atoms with Crippen LogP contribution in [0.15, 0.2) is 41.3 Å². The average molecular weight is 435 g/mol. The number of halogens is 1. The van der Waals surface area contributed by atoms with E-state index in [2.05, 4.69) is 20.4 Å². The zero-order valence-electron chi connectivity index (χ0n) is 14.8. The number of rotatable bonds is 5. The molecule has 2 heterocycles. The third-order valence-corrected chi connectivity index (χ3v) is 5.83. The molecule has 0 unspecified atom stereocenters. The number of primary sulfonamides is 1. The van der Waals surface area contributed by atoms with Gasteiger partial charge < -0.3 is 15.8 Å². The van der Waals surface area contributed by atoms with Crippen molar-refractivity contribution < 1.29 is 17.5 Å². The number of fused-ring (bicyclic) bond motifs is 1. The maximum absolute atomic E-state index is 13.9. The van der Waals surface area contributed by atoms with E-state index in [4.69, 9.17) is 15.6 Å². The molecule has 0 spiro atoms. The number of thiazole rings is 1. The van der Waals surface area contributed by atoms with Gasteiger partial charge in [-0.1, -0.05) is 11.3 Å². The molecular weight excluding hydrogens is 421 g/mol. The van der Waals surface area contributed by atoms with E-state index < -0.39 is 15.8 Å². The summed E-state index contributed by atoms with van der Waals surface area (Å²) in [5.74, 6) is -0.160. The number of nitrogens with zero attached hydrogens (tertiary/aromatic N) is 4. The summed E-state index contributed by atoms with van der Waals surface area (Å²) in [6.45, 7) is 0. The minimum Gasteiger partial charge on any atom is -0.494 e. The molecular formula is C16H14FN7O3S2. The molecule has 150 valence electrons. The maximum atomic E-state index is 13.9. The highest BCUT2D eigenvalue weighted by Gasteiger charge is 2.16. The molecule has 5 N–H and O–H groups in total. The smallest absolute Gasteiger partial charge is 0.248 e. The van der Waals surface area contributed by atoms with E-state index in [9.17, 15) is 12.8 Å². The van der Waals surface area contributed by atoms with Gasteiger partial charge in [0.15, 0.2) is 11.6 Å². The molecule has 2 aromatic carbocycles. The molecule has 0 amide bonds. The van der Waals surface area contributed by atoms with Crippen molar-refractivity contribution in [2.24, 2.45) is 5.14 Å². The number of hydrogen-bond acceptors (Lipinski definition) is 9. The molecule has 0 fully saturated rings. The molecule has 4 aromatic rings. The summed E-state index contributed by atoms with van der Waals surface area (Å²) in [5, 5.41) is 12.6. The van der Waals surface area contributed by atoms with Crippen LogP contribution in [0.2, 0.25) is 0 Å². The molecule has 0 aliphatic heterocycles. The second-order valence-corrected chi connectivity index (χ2v) is 8.42. The van der Waals surface area contributed by atoms with Gasteiger partial charge in [-0.3, -0.25) is 0 Å². The van der Waals surface area contributed by atoms with Crippen LogP contribution in [0.4, 0.5) is 22.0 Å². The first-order valence-corrected chi connectivity index (χ1v) is 10.4. The molecule has 0 aliphatic carbocycles. The molecule has 0 atom stereocenters. The van der Waals surface area contributed by atoms with Gasteiger partial charge in [0.25, 0.3) is 0 Å². The monoisotopic (exact) mass is 435 g/mol. The van der Waals surface area contributed by atoms with Gasteiger partial charge in [-0.05, 0) is 24.3 Å². The molecule has 0 saturated heterocycles. The number of sulfonamides is 1. The Balaban J connectivity index is 1.63. The van der Waals surface area contributed by atoms with E-state index >= 15 is 0 Å². The Morgan fingerprint density at radius 2 is 1.93 bits per heavy atom. The number of methoxy groups -OCH3 is 1. The van der Waals surface area contributed by atoms with Gasteiger partial charge in [-0.15, -0.1) is 5.10 Å². The summed E-state index contributed by atoms with van der Waals surface area (Å²) in [4.78, 5) is 8.44. The predicted octanol–water partition coefficient (Wildman–Crippen LogP) is 2.00. The van der Waals surface area contributed by atoms with Gasteiger partial charge in [0, 0.05) is 17.8 Å². The van der Waals surface area contributed by atoms with E-state index in [-0.39, 0.29) is 22.5 Å². The second-order valence-electron chi connectivity index (χ2n) is 5.85. The summed E-state index contributed by atoms with van der Waals surface area (Å²) in [6.07, 6.45) is 0. The van der Waals surface area contributed by atoms with Gasteiger partial charge >= 0.3 is 0 Å². The van der Waals surface area contributed by atoms with Crippen LogP contribution < -0.4 is 20.9 Å². The summed E-state index contributed by atoms with van der Waals surface area (Å²) in [7, 11) is -2.39. The van der Waals surface area contributed by atoms with Crippen LogP contribution in [-0.4, -0.2) is 35.3 Å². The lowest BCUT2D eigenvalue weighted by molar-refractivity contribution is 0.387. The standard InChI is InChI=1S/C16H14FN7O3S2/c1-27-12-7-13-11(6-10(12)17)21-16(28-13)24-14(18)22-15(23-24)20-8-2-4-9(5-3-8)29(19,25)26/h2-7H,1H3,(H2,19,25,26)(H3,18,20,22,23). The number of aromatic nitrogens is 4. The average Bonchev–Trinajstić information content (AvgIpc) is 3.23. The normalized spacial score (nSPS) is 11.7. The second kappa shape index (κ2) is 6.95. The van der Waals surface area contributed by atoms with E-state index in [1.165, 1.54) is 53.5 Å². The Kier molecular flexibility index (Phi) is 4.56. The van der Waals surface area contributed by atoms with Gasteiger partial charge in [-0.2, -0.15) is 9.67 Å².